The SMILES string of the molecule is C=C1/C=C\C(N(c2ccccc2)c2ccc(C)c(-c3cc(-c4ccc5c(c4)c4ccccc4n5-c4ccccc4)ccc3C)c2)=C/Cc2ccccc2C1(C)C.Cc1ccccc1. The normalized spacial score (nSPS) is 14.6. The van der Waals surface area contributed by atoms with Crippen molar-refractivity contribution >= 4 is 33.2 Å². The molecule has 1 aliphatic rings. The van der Waals surface area contributed by atoms with Crippen molar-refractivity contribution in [2.24, 2.45) is 0 Å². The first-order valence-electron chi connectivity index (χ1n) is 22.0. The van der Waals surface area contributed by atoms with Crippen LogP contribution in [-0.4, -0.2) is 4.57 Å². The van der Waals surface area contributed by atoms with Gasteiger partial charge >= 0.3 is 0 Å². The topological polar surface area (TPSA) is 8.17 Å². The molecule has 0 atom stereocenters. The second-order valence-electron chi connectivity index (χ2n) is 17.2. The summed E-state index contributed by atoms with van der Waals surface area (Å²) in [7, 11) is 0. The number of fused-ring (bicyclic) bond motifs is 4. The lowest BCUT2D eigenvalue weighted by Gasteiger charge is -2.28. The van der Waals surface area contributed by atoms with E-state index in [1.807, 2.05) is 18.2 Å². The van der Waals surface area contributed by atoms with E-state index in [1.165, 1.54) is 77.6 Å². The van der Waals surface area contributed by atoms with Gasteiger partial charge in [-0.3, -0.25) is 0 Å². The summed E-state index contributed by atoms with van der Waals surface area (Å²) in [5.74, 6) is 0. The molecule has 0 N–H and O–H groups in total. The minimum absolute atomic E-state index is 0.184. The fourth-order valence-corrected chi connectivity index (χ4v) is 9.02. The molecular weight excluding hydrogens is 761 g/mol. The number of anilines is 2. The number of aromatic nitrogens is 1. The summed E-state index contributed by atoms with van der Waals surface area (Å²) in [5.41, 5.74) is 19.2. The minimum Gasteiger partial charge on any atom is -0.311 e. The van der Waals surface area contributed by atoms with E-state index in [2.05, 4.69) is 245 Å². The number of hydrogen-bond acceptors (Lipinski definition) is 1. The van der Waals surface area contributed by atoms with Gasteiger partial charge in [0.25, 0.3) is 0 Å². The van der Waals surface area contributed by atoms with Gasteiger partial charge in [0.15, 0.2) is 0 Å². The van der Waals surface area contributed by atoms with Crippen molar-refractivity contribution in [3.63, 3.8) is 0 Å². The lowest BCUT2D eigenvalue weighted by molar-refractivity contribution is 0.635. The highest BCUT2D eigenvalue weighted by atomic mass is 15.1. The third-order valence-electron chi connectivity index (χ3n) is 12.7. The zero-order valence-electron chi connectivity index (χ0n) is 37.0. The van der Waals surface area contributed by atoms with Gasteiger partial charge in [0.05, 0.1) is 11.0 Å². The molecule has 0 unspecified atom stereocenters. The van der Waals surface area contributed by atoms with Gasteiger partial charge in [-0.1, -0.05) is 172 Å². The van der Waals surface area contributed by atoms with Gasteiger partial charge in [-0.15, -0.1) is 0 Å². The Labute approximate surface area is 373 Å². The minimum atomic E-state index is -0.184. The first-order chi connectivity index (χ1) is 30.7. The number of para-hydroxylation sites is 3. The number of allylic oxidation sites excluding steroid dienone is 4. The zero-order chi connectivity index (χ0) is 43.5. The Morgan fingerprint density at radius 3 is 1.83 bits per heavy atom. The predicted octanol–water partition coefficient (Wildman–Crippen LogP) is 16.4. The van der Waals surface area contributed by atoms with E-state index in [-0.39, 0.29) is 5.41 Å². The summed E-state index contributed by atoms with van der Waals surface area (Å²) < 4.78 is 2.38. The van der Waals surface area contributed by atoms with Crippen LogP contribution in [0.25, 0.3) is 49.7 Å². The molecule has 1 aliphatic carbocycles. The third-order valence-corrected chi connectivity index (χ3v) is 12.7. The lowest BCUT2D eigenvalue weighted by Crippen LogP contribution is -2.20. The van der Waals surface area contributed by atoms with Crippen LogP contribution < -0.4 is 4.90 Å². The maximum atomic E-state index is 4.57. The smallest absolute Gasteiger partial charge is 0.0541 e. The standard InChI is InChI=1S/C54H46N2.C7H8/c1-37-24-27-41(42-29-33-53-50(35-42)47-21-13-15-23-52(47)56(53)44-19-10-7-11-20-44)34-48(37)49-36-46(30-25-38(49)2)55(43-17-8-6-9-18-43)45-31-26-39(3)54(4,5)51-22-14-12-16-40(51)28-32-45;1-7-5-3-2-4-6-7/h6-27,29-36H,3,28H2,1-2,4-5H3;2-6H,1H3/b31-26-,45-32+;. The number of benzene rings is 8. The fourth-order valence-electron chi connectivity index (χ4n) is 9.02. The highest BCUT2D eigenvalue weighted by molar-refractivity contribution is 6.10. The average Bonchev–Trinajstić information content (AvgIpc) is 3.66. The summed E-state index contributed by atoms with van der Waals surface area (Å²) in [6.07, 6.45) is 7.65. The Morgan fingerprint density at radius 1 is 0.508 bits per heavy atom. The Hall–Kier alpha value is -7.42. The van der Waals surface area contributed by atoms with Crippen LogP contribution in [0.15, 0.2) is 230 Å². The van der Waals surface area contributed by atoms with Crippen LogP contribution in [0.4, 0.5) is 11.4 Å². The van der Waals surface area contributed by atoms with Gasteiger partial charge in [-0.25, -0.2) is 0 Å². The Morgan fingerprint density at radius 2 is 1.10 bits per heavy atom. The number of nitrogens with zero attached hydrogens (tertiary/aromatic N) is 2. The molecule has 2 heteroatoms. The largest absolute Gasteiger partial charge is 0.311 e. The summed E-state index contributed by atoms with van der Waals surface area (Å²) in [6, 6.07) is 70.0. The second kappa shape index (κ2) is 17.5. The molecule has 0 spiro atoms. The maximum Gasteiger partial charge on any atom is 0.0541 e. The summed E-state index contributed by atoms with van der Waals surface area (Å²) in [4.78, 5) is 2.39. The highest BCUT2D eigenvalue weighted by Gasteiger charge is 2.27. The molecule has 10 rings (SSSR count). The molecular formula is C61H54N2. The van der Waals surface area contributed by atoms with E-state index in [0.29, 0.717) is 0 Å². The molecule has 0 bridgehead atoms. The van der Waals surface area contributed by atoms with Crippen LogP contribution in [0.5, 0.6) is 0 Å². The third kappa shape index (κ3) is 8.21. The monoisotopic (exact) mass is 814 g/mol. The van der Waals surface area contributed by atoms with Crippen LogP contribution in [0.1, 0.15) is 41.7 Å². The van der Waals surface area contributed by atoms with Crippen LogP contribution in [-0.2, 0) is 11.8 Å². The zero-order valence-corrected chi connectivity index (χ0v) is 37.0. The van der Waals surface area contributed by atoms with Gasteiger partial charge in [0.1, 0.15) is 0 Å². The highest BCUT2D eigenvalue weighted by Crippen LogP contribution is 2.41. The Kier molecular flexibility index (Phi) is 11.4. The number of rotatable bonds is 6. The summed E-state index contributed by atoms with van der Waals surface area (Å²) in [5, 5.41) is 2.51. The molecule has 2 nitrogen and oxygen atoms in total. The molecule has 0 saturated carbocycles. The molecule has 0 saturated heterocycles. The molecule has 0 radical (unpaired) electrons. The number of aryl methyl sites for hydroxylation is 3. The molecule has 0 amide bonds. The first-order valence-corrected chi connectivity index (χ1v) is 22.0. The predicted molar refractivity (Wildman–Crippen MR) is 270 cm³/mol. The van der Waals surface area contributed by atoms with Gasteiger partial charge < -0.3 is 9.47 Å². The summed E-state index contributed by atoms with van der Waals surface area (Å²) in [6.45, 7) is 15.7. The molecule has 308 valence electrons. The molecule has 63 heavy (non-hydrogen) atoms. The van der Waals surface area contributed by atoms with E-state index in [9.17, 15) is 0 Å². The van der Waals surface area contributed by atoms with Gasteiger partial charge in [-0.05, 0) is 144 Å². The van der Waals surface area contributed by atoms with E-state index in [4.69, 9.17) is 0 Å². The van der Waals surface area contributed by atoms with Crippen molar-refractivity contribution in [1.29, 1.82) is 0 Å². The van der Waals surface area contributed by atoms with E-state index >= 15 is 0 Å². The average molecular weight is 815 g/mol. The molecule has 0 fully saturated rings. The van der Waals surface area contributed by atoms with Crippen LogP contribution in [0.3, 0.4) is 0 Å². The molecule has 9 aromatic rings. The van der Waals surface area contributed by atoms with Crippen LogP contribution in [0.2, 0.25) is 0 Å². The fraction of sp³-hybridized carbons (Fsp3) is 0.115. The van der Waals surface area contributed by atoms with Crippen molar-refractivity contribution in [3.8, 4) is 27.9 Å². The van der Waals surface area contributed by atoms with Gasteiger partial charge in [0, 0.05) is 38.9 Å². The maximum absolute atomic E-state index is 4.57. The van der Waals surface area contributed by atoms with Crippen LogP contribution >= 0.6 is 0 Å². The molecule has 1 heterocycles. The Balaban J connectivity index is 0.000000658. The molecule has 8 aromatic carbocycles. The quantitative estimate of drug-likeness (QED) is 0.162. The molecule has 1 aromatic heterocycles. The van der Waals surface area contributed by atoms with Crippen molar-refractivity contribution in [2.45, 2.75) is 46.5 Å². The van der Waals surface area contributed by atoms with Gasteiger partial charge in [0.2, 0.25) is 0 Å². The van der Waals surface area contributed by atoms with Crippen molar-refractivity contribution in [3.05, 3.63) is 258 Å². The molecule has 0 aliphatic heterocycles. The van der Waals surface area contributed by atoms with Crippen molar-refractivity contribution < 1.29 is 0 Å². The second-order valence-corrected chi connectivity index (χ2v) is 17.2. The van der Waals surface area contributed by atoms with Crippen LogP contribution in [0, 0.1) is 20.8 Å². The number of hydrogen-bond donors (Lipinski definition) is 0. The van der Waals surface area contributed by atoms with Crippen molar-refractivity contribution in [1.82, 2.24) is 4.57 Å². The van der Waals surface area contributed by atoms with E-state index < -0.39 is 0 Å². The van der Waals surface area contributed by atoms with E-state index in [0.717, 1.165) is 29.1 Å². The lowest BCUT2D eigenvalue weighted by atomic mass is 9.76. The Bertz CT molecular complexity index is 3140. The van der Waals surface area contributed by atoms with Gasteiger partial charge in [-0.2, -0.15) is 0 Å². The summed E-state index contributed by atoms with van der Waals surface area (Å²) >= 11 is 0. The van der Waals surface area contributed by atoms with Crippen molar-refractivity contribution in [2.75, 3.05) is 4.90 Å². The first kappa shape index (κ1) is 41.0. The van der Waals surface area contributed by atoms with E-state index in [1.54, 1.807) is 0 Å².